The summed E-state index contributed by atoms with van der Waals surface area (Å²) in [7, 11) is 0. The largest absolute Gasteiger partial charge is 0.485 e. The molecule has 2 aromatic rings. The molecule has 0 spiro atoms. The summed E-state index contributed by atoms with van der Waals surface area (Å²) in [6.07, 6.45) is 0. The maximum Gasteiger partial charge on any atom is 0.200 e. The van der Waals surface area contributed by atoms with Crippen molar-refractivity contribution in [3.63, 3.8) is 0 Å². The van der Waals surface area contributed by atoms with Crippen LogP contribution in [0.2, 0.25) is 0 Å². The van der Waals surface area contributed by atoms with E-state index in [2.05, 4.69) is 0 Å². The van der Waals surface area contributed by atoms with Gasteiger partial charge in [0.15, 0.2) is 18.2 Å². The fraction of sp³-hybridized carbons (Fsp3) is 0.176. The highest BCUT2D eigenvalue weighted by Crippen LogP contribution is 2.14. The van der Waals surface area contributed by atoms with Crippen LogP contribution in [0.4, 0.5) is 0 Å². The number of ketones is 2. The fourth-order valence-electron chi connectivity index (χ4n) is 1.90. The van der Waals surface area contributed by atoms with Crippen LogP contribution in [-0.4, -0.2) is 18.2 Å². The molecule has 102 valence electrons. The zero-order valence-electron chi connectivity index (χ0n) is 11.6. The van der Waals surface area contributed by atoms with E-state index in [1.807, 2.05) is 25.1 Å². The van der Waals surface area contributed by atoms with Crippen LogP contribution in [0.25, 0.3) is 0 Å². The van der Waals surface area contributed by atoms with Crippen LogP contribution in [0.1, 0.15) is 33.2 Å². The van der Waals surface area contributed by atoms with E-state index in [9.17, 15) is 9.59 Å². The van der Waals surface area contributed by atoms with Gasteiger partial charge in [-0.2, -0.15) is 0 Å². The lowest BCUT2D eigenvalue weighted by Gasteiger charge is -2.07. The lowest BCUT2D eigenvalue weighted by Crippen LogP contribution is -2.12. The van der Waals surface area contributed by atoms with Crippen LogP contribution in [0.5, 0.6) is 5.75 Å². The second-order valence-electron chi connectivity index (χ2n) is 4.61. The van der Waals surface area contributed by atoms with Gasteiger partial charge in [-0.15, -0.1) is 0 Å². The molecule has 2 rings (SSSR count). The van der Waals surface area contributed by atoms with E-state index >= 15 is 0 Å². The van der Waals surface area contributed by atoms with E-state index in [-0.39, 0.29) is 18.2 Å². The quantitative estimate of drug-likeness (QED) is 0.780. The first-order valence-electron chi connectivity index (χ1n) is 6.40. The Balaban J connectivity index is 2.00. The third-order valence-corrected chi connectivity index (χ3v) is 3.08. The van der Waals surface area contributed by atoms with Gasteiger partial charge in [0.05, 0.1) is 0 Å². The predicted molar refractivity (Wildman–Crippen MR) is 77.5 cm³/mol. The molecule has 0 unspecified atom stereocenters. The van der Waals surface area contributed by atoms with Gasteiger partial charge in [0, 0.05) is 11.1 Å². The van der Waals surface area contributed by atoms with Crippen LogP contribution in [0.3, 0.4) is 0 Å². The number of hydrogen-bond donors (Lipinski definition) is 0. The molecule has 0 aromatic heterocycles. The summed E-state index contributed by atoms with van der Waals surface area (Å²) < 4.78 is 5.45. The minimum atomic E-state index is -0.0567. The molecule has 2 aromatic carbocycles. The van der Waals surface area contributed by atoms with Crippen LogP contribution in [0, 0.1) is 6.92 Å². The normalized spacial score (nSPS) is 10.1. The van der Waals surface area contributed by atoms with Crippen molar-refractivity contribution >= 4 is 11.6 Å². The minimum absolute atomic E-state index is 0.00698. The lowest BCUT2D eigenvalue weighted by atomic mass is 10.1. The number of Topliss-reactive ketones (excluding diaryl/α,β-unsaturated/α-hetero) is 2. The van der Waals surface area contributed by atoms with Crippen molar-refractivity contribution in [3.05, 3.63) is 65.2 Å². The van der Waals surface area contributed by atoms with E-state index in [1.165, 1.54) is 6.92 Å². The zero-order valence-corrected chi connectivity index (χ0v) is 11.6. The topological polar surface area (TPSA) is 43.4 Å². The minimum Gasteiger partial charge on any atom is -0.485 e. The molecule has 0 saturated heterocycles. The first-order valence-corrected chi connectivity index (χ1v) is 6.40. The zero-order chi connectivity index (χ0) is 14.5. The maximum absolute atomic E-state index is 12.0. The number of carbonyl (C=O) groups excluding carboxylic acids is 2. The number of aryl methyl sites for hydroxylation is 1. The van der Waals surface area contributed by atoms with Crippen LogP contribution >= 0.6 is 0 Å². The molecule has 0 aliphatic heterocycles. The summed E-state index contributed by atoms with van der Waals surface area (Å²) in [5.74, 6) is 0.531. The summed E-state index contributed by atoms with van der Waals surface area (Å²) in [5, 5.41) is 0. The Morgan fingerprint density at radius 3 is 2.25 bits per heavy atom. The van der Waals surface area contributed by atoms with Crippen molar-refractivity contribution in [2.75, 3.05) is 6.61 Å². The summed E-state index contributed by atoms with van der Waals surface area (Å²) in [5.41, 5.74) is 2.24. The predicted octanol–water partition coefficient (Wildman–Crippen LogP) is 3.46. The molecule has 0 bridgehead atoms. The molecule has 0 saturated carbocycles. The highest BCUT2D eigenvalue weighted by atomic mass is 16.5. The highest BCUT2D eigenvalue weighted by molar-refractivity contribution is 5.98. The second kappa shape index (κ2) is 6.15. The van der Waals surface area contributed by atoms with Gasteiger partial charge in [-0.05, 0) is 43.7 Å². The van der Waals surface area contributed by atoms with Gasteiger partial charge < -0.3 is 4.74 Å². The van der Waals surface area contributed by atoms with Crippen molar-refractivity contribution in [2.24, 2.45) is 0 Å². The first-order chi connectivity index (χ1) is 9.58. The summed E-state index contributed by atoms with van der Waals surface area (Å²) >= 11 is 0. The summed E-state index contributed by atoms with van der Waals surface area (Å²) in [6, 6.07) is 14.2. The maximum atomic E-state index is 12.0. The highest BCUT2D eigenvalue weighted by Gasteiger charge is 2.09. The summed E-state index contributed by atoms with van der Waals surface area (Å²) in [6.45, 7) is 3.40. The van der Waals surface area contributed by atoms with Crippen molar-refractivity contribution in [1.82, 2.24) is 0 Å². The van der Waals surface area contributed by atoms with Crippen LogP contribution in [-0.2, 0) is 0 Å². The van der Waals surface area contributed by atoms with Gasteiger partial charge in [-0.1, -0.05) is 24.3 Å². The van der Waals surface area contributed by atoms with Gasteiger partial charge in [0.2, 0.25) is 0 Å². The molecular formula is C17H16O3. The number of ether oxygens (including phenoxy) is 1. The average Bonchev–Trinajstić information content (AvgIpc) is 2.45. The van der Waals surface area contributed by atoms with Crippen LogP contribution < -0.4 is 4.74 Å². The number of benzene rings is 2. The third-order valence-electron chi connectivity index (χ3n) is 3.08. The Morgan fingerprint density at radius 1 is 1.00 bits per heavy atom. The van der Waals surface area contributed by atoms with Crippen molar-refractivity contribution < 1.29 is 14.3 Å². The van der Waals surface area contributed by atoms with Gasteiger partial charge >= 0.3 is 0 Å². The molecule has 0 aliphatic carbocycles. The Bertz CT molecular complexity index is 627. The van der Waals surface area contributed by atoms with Gasteiger partial charge in [0.25, 0.3) is 0 Å². The molecular weight excluding hydrogens is 252 g/mol. The van der Waals surface area contributed by atoms with Gasteiger partial charge in [0.1, 0.15) is 5.75 Å². The number of rotatable bonds is 5. The molecule has 0 amide bonds. The Labute approximate surface area is 118 Å². The molecule has 20 heavy (non-hydrogen) atoms. The summed E-state index contributed by atoms with van der Waals surface area (Å²) in [4.78, 5) is 23.2. The molecule has 0 N–H and O–H groups in total. The van der Waals surface area contributed by atoms with Crippen molar-refractivity contribution in [3.8, 4) is 5.75 Å². The molecule has 3 nitrogen and oxygen atoms in total. The standard InChI is InChI=1S/C17H16O3/c1-12-5-3-4-6-16(12)17(19)11-20-15-9-7-14(8-10-15)13(2)18/h3-10H,11H2,1-2H3. The number of hydrogen-bond acceptors (Lipinski definition) is 3. The second-order valence-corrected chi connectivity index (χ2v) is 4.61. The Kier molecular flexibility index (Phi) is 4.31. The van der Waals surface area contributed by atoms with Crippen LogP contribution in [0.15, 0.2) is 48.5 Å². The van der Waals surface area contributed by atoms with Crippen molar-refractivity contribution in [1.29, 1.82) is 0 Å². The monoisotopic (exact) mass is 268 g/mol. The third kappa shape index (κ3) is 3.32. The smallest absolute Gasteiger partial charge is 0.200 e. The average molecular weight is 268 g/mol. The fourth-order valence-corrected chi connectivity index (χ4v) is 1.90. The molecule has 0 aliphatic rings. The van der Waals surface area contributed by atoms with E-state index in [1.54, 1.807) is 30.3 Å². The molecule has 0 atom stereocenters. The molecule has 0 radical (unpaired) electrons. The SMILES string of the molecule is CC(=O)c1ccc(OCC(=O)c2ccccc2C)cc1. The molecule has 0 heterocycles. The van der Waals surface area contributed by atoms with E-state index < -0.39 is 0 Å². The first kappa shape index (κ1) is 14.0. The Morgan fingerprint density at radius 2 is 1.65 bits per heavy atom. The van der Waals surface area contributed by atoms with E-state index in [0.29, 0.717) is 16.9 Å². The van der Waals surface area contributed by atoms with Gasteiger partial charge in [-0.3, -0.25) is 9.59 Å². The lowest BCUT2D eigenvalue weighted by molar-refractivity contribution is 0.0920. The Hall–Kier alpha value is -2.42. The van der Waals surface area contributed by atoms with Gasteiger partial charge in [-0.25, -0.2) is 0 Å². The van der Waals surface area contributed by atoms with E-state index in [4.69, 9.17) is 4.74 Å². The number of carbonyl (C=O) groups is 2. The molecule has 0 fully saturated rings. The van der Waals surface area contributed by atoms with Crippen molar-refractivity contribution in [2.45, 2.75) is 13.8 Å². The van der Waals surface area contributed by atoms with E-state index in [0.717, 1.165) is 5.56 Å². The molecule has 3 heteroatoms.